The molecule has 0 aliphatic carbocycles. The average Bonchev–Trinajstić information content (AvgIpc) is 2.27. The Morgan fingerprint density at radius 2 is 2.19 bits per heavy atom. The van der Waals surface area contributed by atoms with Crippen LogP contribution in [0.15, 0.2) is 24.3 Å². The molecule has 0 amide bonds. The van der Waals surface area contributed by atoms with Crippen molar-refractivity contribution in [3.05, 3.63) is 29.8 Å². The molecule has 1 aromatic rings. The molecule has 0 heterocycles. The molecule has 0 radical (unpaired) electrons. The molecule has 0 aliphatic heterocycles. The Labute approximate surface area is 97.0 Å². The zero-order valence-electron chi connectivity index (χ0n) is 10.1. The van der Waals surface area contributed by atoms with E-state index in [9.17, 15) is 0 Å². The molecule has 3 nitrogen and oxygen atoms in total. The second kappa shape index (κ2) is 5.53. The first kappa shape index (κ1) is 12.5. The molecule has 0 atom stereocenters. The highest BCUT2D eigenvalue weighted by Gasteiger charge is 2.16. The number of hydrogen-bond acceptors (Lipinski definition) is 3. The molecule has 0 aromatic heterocycles. The molecule has 0 spiro atoms. The van der Waals surface area contributed by atoms with Crippen LogP contribution < -0.4 is 5.32 Å². The summed E-state index contributed by atoms with van der Waals surface area (Å²) in [5, 5.41) is 12.0. The Hall–Kier alpha value is -1.53. The number of nitrogens with one attached hydrogen (secondary N) is 1. The number of nitrogens with zero attached hydrogens (tertiary/aromatic N) is 1. The molecular weight excluding hydrogens is 200 g/mol. The van der Waals surface area contributed by atoms with E-state index in [1.54, 1.807) is 6.07 Å². The van der Waals surface area contributed by atoms with Crippen LogP contribution in [0.2, 0.25) is 0 Å². The van der Waals surface area contributed by atoms with E-state index in [1.807, 2.05) is 39.0 Å². The molecule has 0 bridgehead atoms. The minimum atomic E-state index is -0.197. The molecule has 0 saturated heterocycles. The maximum Gasteiger partial charge on any atom is 0.0992 e. The second-order valence-electron chi connectivity index (χ2n) is 4.24. The van der Waals surface area contributed by atoms with Crippen molar-refractivity contribution >= 4 is 5.69 Å². The monoisotopic (exact) mass is 218 g/mol. The maximum atomic E-state index is 8.77. The van der Waals surface area contributed by atoms with Gasteiger partial charge < -0.3 is 10.1 Å². The predicted molar refractivity (Wildman–Crippen MR) is 65.4 cm³/mol. The molecule has 16 heavy (non-hydrogen) atoms. The SMILES string of the molecule is CCOC(C)(C)CNc1cccc(C#N)c1. The van der Waals surface area contributed by atoms with E-state index in [0.29, 0.717) is 12.2 Å². The van der Waals surface area contributed by atoms with E-state index in [1.165, 1.54) is 0 Å². The fourth-order valence-electron chi connectivity index (χ4n) is 1.46. The summed E-state index contributed by atoms with van der Waals surface area (Å²) >= 11 is 0. The van der Waals surface area contributed by atoms with Crippen LogP contribution in [0.4, 0.5) is 5.69 Å². The number of rotatable bonds is 5. The van der Waals surface area contributed by atoms with Gasteiger partial charge in [-0.1, -0.05) is 6.07 Å². The van der Waals surface area contributed by atoms with E-state index in [2.05, 4.69) is 11.4 Å². The quantitative estimate of drug-likeness (QED) is 0.826. The van der Waals surface area contributed by atoms with Gasteiger partial charge in [0.05, 0.1) is 17.2 Å². The van der Waals surface area contributed by atoms with Crippen molar-refractivity contribution in [1.82, 2.24) is 0 Å². The number of nitriles is 1. The number of hydrogen-bond donors (Lipinski definition) is 1. The van der Waals surface area contributed by atoms with Gasteiger partial charge in [0.25, 0.3) is 0 Å². The van der Waals surface area contributed by atoms with Crippen molar-refractivity contribution in [2.24, 2.45) is 0 Å². The lowest BCUT2D eigenvalue weighted by atomic mass is 10.1. The summed E-state index contributed by atoms with van der Waals surface area (Å²) in [5.74, 6) is 0. The van der Waals surface area contributed by atoms with Gasteiger partial charge in [0.2, 0.25) is 0 Å². The van der Waals surface area contributed by atoms with Gasteiger partial charge in [0.1, 0.15) is 0 Å². The lowest BCUT2D eigenvalue weighted by Crippen LogP contribution is -2.33. The van der Waals surface area contributed by atoms with E-state index in [0.717, 1.165) is 12.2 Å². The predicted octanol–water partition coefficient (Wildman–Crippen LogP) is 2.79. The Bertz CT molecular complexity index is 380. The van der Waals surface area contributed by atoms with Crippen molar-refractivity contribution in [2.45, 2.75) is 26.4 Å². The van der Waals surface area contributed by atoms with Crippen LogP contribution in [0, 0.1) is 11.3 Å². The fourth-order valence-corrected chi connectivity index (χ4v) is 1.46. The third-order valence-corrected chi connectivity index (χ3v) is 2.24. The van der Waals surface area contributed by atoms with Gasteiger partial charge >= 0.3 is 0 Å². The first-order valence-corrected chi connectivity index (χ1v) is 5.45. The van der Waals surface area contributed by atoms with Crippen molar-refractivity contribution in [3.8, 4) is 6.07 Å². The van der Waals surface area contributed by atoms with E-state index >= 15 is 0 Å². The Morgan fingerprint density at radius 3 is 2.81 bits per heavy atom. The van der Waals surface area contributed by atoms with E-state index in [4.69, 9.17) is 10.00 Å². The Balaban J connectivity index is 2.58. The summed E-state index contributed by atoms with van der Waals surface area (Å²) < 4.78 is 5.58. The van der Waals surface area contributed by atoms with Crippen LogP contribution in [0.5, 0.6) is 0 Å². The minimum Gasteiger partial charge on any atom is -0.382 e. The summed E-state index contributed by atoms with van der Waals surface area (Å²) in [7, 11) is 0. The van der Waals surface area contributed by atoms with Crippen molar-refractivity contribution < 1.29 is 4.74 Å². The molecule has 1 N–H and O–H groups in total. The first-order chi connectivity index (χ1) is 7.57. The highest BCUT2D eigenvalue weighted by atomic mass is 16.5. The van der Waals surface area contributed by atoms with Crippen LogP contribution in [0.3, 0.4) is 0 Å². The molecule has 3 heteroatoms. The molecule has 1 aromatic carbocycles. The summed E-state index contributed by atoms with van der Waals surface area (Å²) in [6.07, 6.45) is 0. The van der Waals surface area contributed by atoms with Crippen LogP contribution >= 0.6 is 0 Å². The number of benzene rings is 1. The molecule has 0 fully saturated rings. The Kier molecular flexibility index (Phi) is 4.33. The Morgan fingerprint density at radius 1 is 1.44 bits per heavy atom. The molecule has 0 unspecified atom stereocenters. The normalized spacial score (nSPS) is 10.9. The van der Waals surface area contributed by atoms with Crippen LogP contribution in [-0.4, -0.2) is 18.8 Å². The van der Waals surface area contributed by atoms with Crippen LogP contribution in [-0.2, 0) is 4.74 Å². The van der Waals surface area contributed by atoms with E-state index in [-0.39, 0.29) is 5.60 Å². The molecular formula is C13H18N2O. The van der Waals surface area contributed by atoms with Crippen molar-refractivity contribution in [1.29, 1.82) is 5.26 Å². The first-order valence-electron chi connectivity index (χ1n) is 5.45. The van der Waals surface area contributed by atoms with Crippen LogP contribution in [0.1, 0.15) is 26.3 Å². The highest BCUT2D eigenvalue weighted by molar-refractivity contribution is 5.49. The average molecular weight is 218 g/mol. The standard InChI is InChI=1S/C13H18N2O/c1-4-16-13(2,3)10-15-12-7-5-6-11(8-12)9-14/h5-8,15H,4,10H2,1-3H3. The summed E-state index contributed by atoms with van der Waals surface area (Å²) in [6, 6.07) is 9.56. The number of anilines is 1. The maximum absolute atomic E-state index is 8.77. The third kappa shape index (κ3) is 3.92. The van der Waals surface area contributed by atoms with Gasteiger partial charge in [-0.2, -0.15) is 5.26 Å². The molecule has 1 rings (SSSR count). The van der Waals surface area contributed by atoms with Gasteiger partial charge in [0, 0.05) is 18.8 Å². The highest BCUT2D eigenvalue weighted by Crippen LogP contribution is 2.14. The molecule has 0 saturated carbocycles. The van der Waals surface area contributed by atoms with E-state index < -0.39 is 0 Å². The smallest absolute Gasteiger partial charge is 0.0992 e. The molecule has 86 valence electrons. The summed E-state index contributed by atoms with van der Waals surface area (Å²) in [4.78, 5) is 0. The second-order valence-corrected chi connectivity index (χ2v) is 4.24. The fraction of sp³-hybridized carbons (Fsp3) is 0.462. The minimum absolute atomic E-state index is 0.197. The lowest BCUT2D eigenvalue weighted by molar-refractivity contribution is 0.000698. The topological polar surface area (TPSA) is 45.0 Å². The largest absolute Gasteiger partial charge is 0.382 e. The van der Waals surface area contributed by atoms with Gasteiger partial charge in [0.15, 0.2) is 0 Å². The van der Waals surface area contributed by atoms with Gasteiger partial charge in [-0.25, -0.2) is 0 Å². The summed E-state index contributed by atoms with van der Waals surface area (Å²) in [6.45, 7) is 7.48. The van der Waals surface area contributed by atoms with Gasteiger partial charge in [-0.3, -0.25) is 0 Å². The lowest BCUT2D eigenvalue weighted by Gasteiger charge is -2.25. The summed E-state index contributed by atoms with van der Waals surface area (Å²) in [5.41, 5.74) is 1.42. The van der Waals surface area contributed by atoms with Crippen molar-refractivity contribution in [3.63, 3.8) is 0 Å². The van der Waals surface area contributed by atoms with Gasteiger partial charge in [-0.05, 0) is 39.0 Å². The zero-order chi connectivity index (χ0) is 12.0. The third-order valence-electron chi connectivity index (χ3n) is 2.24. The number of ether oxygens (including phenoxy) is 1. The molecule has 0 aliphatic rings. The van der Waals surface area contributed by atoms with Crippen molar-refractivity contribution in [2.75, 3.05) is 18.5 Å². The van der Waals surface area contributed by atoms with Crippen LogP contribution in [0.25, 0.3) is 0 Å². The zero-order valence-corrected chi connectivity index (χ0v) is 10.1. The van der Waals surface area contributed by atoms with Gasteiger partial charge in [-0.15, -0.1) is 0 Å².